The Balaban J connectivity index is 2.62. The number of aromatic nitrogens is 1. The molecular formula is C9H9Br2NO. The van der Waals surface area contributed by atoms with Crippen LogP contribution in [0.3, 0.4) is 0 Å². The molecule has 0 spiro atoms. The summed E-state index contributed by atoms with van der Waals surface area (Å²) in [4.78, 5) is 4.28. The summed E-state index contributed by atoms with van der Waals surface area (Å²) in [6.07, 6.45) is 3.36. The Morgan fingerprint density at radius 3 is 2.62 bits per heavy atom. The molecule has 13 heavy (non-hydrogen) atoms. The number of fused-ring (bicyclic) bond motifs is 1. The molecule has 1 N–H and O–H groups in total. The lowest BCUT2D eigenvalue weighted by atomic mass is 10.1. The lowest BCUT2D eigenvalue weighted by Gasteiger charge is -2.08. The van der Waals surface area contributed by atoms with Crippen LogP contribution in [0, 0.1) is 0 Å². The highest BCUT2D eigenvalue weighted by molar-refractivity contribution is 9.11. The first-order valence-corrected chi connectivity index (χ1v) is 5.79. The van der Waals surface area contributed by atoms with Gasteiger partial charge in [-0.05, 0) is 62.2 Å². The molecule has 2 nitrogen and oxygen atoms in total. The Morgan fingerprint density at radius 1 is 1.23 bits per heavy atom. The van der Waals surface area contributed by atoms with Crippen molar-refractivity contribution in [1.29, 1.82) is 0 Å². The molecule has 1 aromatic rings. The topological polar surface area (TPSA) is 33.1 Å². The van der Waals surface area contributed by atoms with Crippen LogP contribution in [0.2, 0.25) is 0 Å². The molecule has 1 aromatic heterocycles. The molecule has 0 amide bonds. The van der Waals surface area contributed by atoms with Gasteiger partial charge in [-0.25, -0.2) is 4.98 Å². The van der Waals surface area contributed by atoms with E-state index in [1.54, 1.807) is 0 Å². The fourth-order valence-electron chi connectivity index (χ4n) is 1.73. The molecule has 0 atom stereocenters. The second-order valence-corrected chi connectivity index (χ2v) is 4.68. The van der Waals surface area contributed by atoms with E-state index in [-0.39, 0.29) is 6.61 Å². The van der Waals surface area contributed by atoms with E-state index in [2.05, 4.69) is 36.8 Å². The van der Waals surface area contributed by atoms with Gasteiger partial charge in [0.15, 0.2) is 0 Å². The summed E-state index contributed by atoms with van der Waals surface area (Å²) >= 11 is 6.91. The molecule has 0 saturated heterocycles. The van der Waals surface area contributed by atoms with Crippen molar-refractivity contribution in [2.75, 3.05) is 0 Å². The van der Waals surface area contributed by atoms with Gasteiger partial charge in [0.05, 0.1) is 12.3 Å². The molecule has 0 aromatic carbocycles. The minimum atomic E-state index is -0.00748. The van der Waals surface area contributed by atoms with Crippen LogP contribution in [0.5, 0.6) is 0 Å². The van der Waals surface area contributed by atoms with Gasteiger partial charge in [0.25, 0.3) is 0 Å². The van der Waals surface area contributed by atoms with Crippen LogP contribution in [-0.4, -0.2) is 10.1 Å². The van der Waals surface area contributed by atoms with E-state index in [4.69, 9.17) is 5.11 Å². The third-order valence-electron chi connectivity index (χ3n) is 2.37. The maximum Gasteiger partial charge on any atom is 0.110 e. The molecule has 1 heterocycles. The largest absolute Gasteiger partial charge is 0.390 e. The number of halogens is 2. The van der Waals surface area contributed by atoms with Crippen LogP contribution in [0.25, 0.3) is 0 Å². The average Bonchev–Trinajstić information content (AvgIpc) is 2.60. The number of aliphatic hydroxyl groups excluding tert-OH is 1. The van der Waals surface area contributed by atoms with Crippen molar-refractivity contribution in [2.24, 2.45) is 0 Å². The van der Waals surface area contributed by atoms with Gasteiger partial charge in [0.2, 0.25) is 0 Å². The Hall–Kier alpha value is 0.0700. The Labute approximate surface area is 93.6 Å². The van der Waals surface area contributed by atoms with Crippen molar-refractivity contribution >= 4 is 31.9 Å². The second-order valence-electron chi connectivity index (χ2n) is 3.13. The smallest absolute Gasteiger partial charge is 0.110 e. The fourth-order valence-corrected chi connectivity index (χ4v) is 3.03. The van der Waals surface area contributed by atoms with Gasteiger partial charge in [-0.1, -0.05) is 0 Å². The third-order valence-corrected chi connectivity index (χ3v) is 3.96. The normalized spacial score (nSPS) is 14.7. The first-order chi connectivity index (χ1) is 6.24. The maximum atomic E-state index is 9.06. The molecule has 0 unspecified atom stereocenters. The van der Waals surface area contributed by atoms with Crippen molar-refractivity contribution in [2.45, 2.75) is 25.9 Å². The summed E-state index contributed by atoms with van der Waals surface area (Å²) in [6, 6.07) is 0. The Bertz CT molecular complexity index is 352. The molecule has 2 rings (SSSR count). The van der Waals surface area contributed by atoms with Crippen molar-refractivity contribution in [1.82, 2.24) is 4.98 Å². The monoisotopic (exact) mass is 305 g/mol. The van der Waals surface area contributed by atoms with Gasteiger partial charge in [-0.2, -0.15) is 0 Å². The second kappa shape index (κ2) is 3.67. The molecule has 1 aliphatic carbocycles. The Kier molecular flexibility index (Phi) is 2.72. The van der Waals surface area contributed by atoms with E-state index in [1.807, 2.05) is 0 Å². The highest BCUT2D eigenvalue weighted by atomic mass is 79.9. The Morgan fingerprint density at radius 2 is 1.92 bits per heavy atom. The number of nitrogens with zero attached hydrogens (tertiary/aromatic N) is 1. The molecule has 1 aliphatic rings. The van der Waals surface area contributed by atoms with Crippen LogP contribution in [-0.2, 0) is 19.4 Å². The summed E-state index contributed by atoms with van der Waals surface area (Å²) in [5.41, 5.74) is 3.34. The standard InChI is InChI=1S/C9H9Br2NO/c10-8-5-2-1-3-6(5)9(11)12-7(8)4-13/h13H,1-4H2. The highest BCUT2D eigenvalue weighted by Crippen LogP contribution is 2.34. The van der Waals surface area contributed by atoms with E-state index < -0.39 is 0 Å². The predicted octanol–water partition coefficient (Wildman–Crippen LogP) is 2.59. The van der Waals surface area contributed by atoms with Crippen molar-refractivity contribution in [3.05, 3.63) is 25.9 Å². The van der Waals surface area contributed by atoms with E-state index in [0.29, 0.717) is 0 Å². The van der Waals surface area contributed by atoms with Crippen molar-refractivity contribution in [3.63, 3.8) is 0 Å². The zero-order valence-electron chi connectivity index (χ0n) is 6.98. The van der Waals surface area contributed by atoms with Crippen LogP contribution < -0.4 is 0 Å². The average molecular weight is 307 g/mol. The molecule has 0 aliphatic heterocycles. The van der Waals surface area contributed by atoms with Gasteiger partial charge in [-0.3, -0.25) is 0 Å². The maximum absolute atomic E-state index is 9.06. The molecule has 70 valence electrons. The summed E-state index contributed by atoms with van der Waals surface area (Å²) in [5, 5.41) is 9.06. The molecular weight excluding hydrogens is 298 g/mol. The third kappa shape index (κ3) is 1.55. The minimum Gasteiger partial charge on any atom is -0.390 e. The fraction of sp³-hybridized carbons (Fsp3) is 0.444. The van der Waals surface area contributed by atoms with Gasteiger partial charge >= 0.3 is 0 Å². The number of hydrogen-bond donors (Lipinski definition) is 1. The summed E-state index contributed by atoms with van der Waals surface area (Å²) in [7, 11) is 0. The summed E-state index contributed by atoms with van der Waals surface area (Å²) in [6.45, 7) is -0.00748. The number of aliphatic hydroxyl groups is 1. The van der Waals surface area contributed by atoms with Crippen LogP contribution >= 0.6 is 31.9 Å². The number of hydrogen-bond acceptors (Lipinski definition) is 2. The zero-order chi connectivity index (χ0) is 9.42. The molecule has 0 fully saturated rings. The van der Waals surface area contributed by atoms with Crippen LogP contribution in [0.15, 0.2) is 9.08 Å². The predicted molar refractivity (Wildman–Crippen MR) is 57.6 cm³/mol. The highest BCUT2D eigenvalue weighted by Gasteiger charge is 2.20. The lowest BCUT2D eigenvalue weighted by Crippen LogP contribution is -1.98. The zero-order valence-corrected chi connectivity index (χ0v) is 10.2. The summed E-state index contributed by atoms with van der Waals surface area (Å²) in [5.74, 6) is 0. The minimum absolute atomic E-state index is 0.00748. The molecule has 4 heteroatoms. The van der Waals surface area contributed by atoms with E-state index >= 15 is 0 Å². The van der Waals surface area contributed by atoms with Crippen molar-refractivity contribution in [3.8, 4) is 0 Å². The molecule has 0 bridgehead atoms. The quantitative estimate of drug-likeness (QED) is 0.809. The van der Waals surface area contributed by atoms with E-state index in [0.717, 1.165) is 27.6 Å². The van der Waals surface area contributed by atoms with Crippen LogP contribution in [0.4, 0.5) is 0 Å². The van der Waals surface area contributed by atoms with Gasteiger partial charge in [-0.15, -0.1) is 0 Å². The van der Waals surface area contributed by atoms with E-state index in [1.165, 1.54) is 17.5 Å². The number of pyridine rings is 1. The molecule has 0 radical (unpaired) electrons. The summed E-state index contributed by atoms with van der Waals surface area (Å²) < 4.78 is 1.89. The SMILES string of the molecule is OCc1nc(Br)c2c(c1Br)CCC2. The number of rotatable bonds is 1. The lowest BCUT2D eigenvalue weighted by molar-refractivity contribution is 0.275. The van der Waals surface area contributed by atoms with Crippen molar-refractivity contribution < 1.29 is 5.11 Å². The first kappa shape index (κ1) is 9.62. The first-order valence-electron chi connectivity index (χ1n) is 4.20. The van der Waals surface area contributed by atoms with Gasteiger partial charge in [0, 0.05) is 4.47 Å². The van der Waals surface area contributed by atoms with Crippen LogP contribution in [0.1, 0.15) is 23.2 Å². The van der Waals surface area contributed by atoms with E-state index in [9.17, 15) is 0 Å². The van der Waals surface area contributed by atoms with Gasteiger partial charge < -0.3 is 5.11 Å². The molecule has 0 saturated carbocycles. The van der Waals surface area contributed by atoms with Gasteiger partial charge in [0.1, 0.15) is 4.60 Å².